The first-order valence-corrected chi connectivity index (χ1v) is 6.86. The van der Waals surface area contributed by atoms with Crippen molar-refractivity contribution in [1.29, 1.82) is 5.26 Å². The number of aryl methyl sites for hydroxylation is 1. The van der Waals surface area contributed by atoms with E-state index in [1.807, 2.05) is 16.8 Å². The fourth-order valence-corrected chi connectivity index (χ4v) is 2.18. The molecule has 0 radical (unpaired) electrons. The van der Waals surface area contributed by atoms with Gasteiger partial charge in [0, 0.05) is 18.9 Å². The molecular formula is C16H20N4. The summed E-state index contributed by atoms with van der Waals surface area (Å²) in [6.45, 7) is 8.34. The lowest BCUT2D eigenvalue weighted by molar-refractivity contribution is 0.552. The van der Waals surface area contributed by atoms with Gasteiger partial charge in [0.25, 0.3) is 0 Å². The summed E-state index contributed by atoms with van der Waals surface area (Å²) in [5.74, 6) is 1.07. The summed E-state index contributed by atoms with van der Waals surface area (Å²) in [5, 5.41) is 12.5. The summed E-state index contributed by atoms with van der Waals surface area (Å²) in [5.41, 5.74) is 3.40. The minimum absolute atomic E-state index is 0.416. The van der Waals surface area contributed by atoms with Crippen molar-refractivity contribution < 1.29 is 0 Å². The Morgan fingerprint density at radius 3 is 2.85 bits per heavy atom. The van der Waals surface area contributed by atoms with Gasteiger partial charge in [0.05, 0.1) is 5.69 Å². The topological polar surface area (TPSA) is 53.6 Å². The van der Waals surface area contributed by atoms with Gasteiger partial charge in [-0.2, -0.15) is 5.26 Å². The Morgan fingerprint density at radius 1 is 1.40 bits per heavy atom. The standard InChI is InChI=1S/C16H20N4/c1-12(2)10-18-11-14-4-5-15(13(3)8-14)20-7-6-19-16(20)9-17/h4-8,12,18H,10-11H2,1-3H3. The van der Waals surface area contributed by atoms with Crippen molar-refractivity contribution in [2.75, 3.05) is 6.54 Å². The zero-order valence-electron chi connectivity index (χ0n) is 12.2. The van der Waals surface area contributed by atoms with Gasteiger partial charge in [0.2, 0.25) is 5.82 Å². The molecule has 1 aromatic heterocycles. The quantitative estimate of drug-likeness (QED) is 0.907. The fourth-order valence-electron chi connectivity index (χ4n) is 2.18. The number of hydrogen-bond acceptors (Lipinski definition) is 3. The van der Waals surface area contributed by atoms with Crippen molar-refractivity contribution in [3.63, 3.8) is 0 Å². The number of imidazole rings is 1. The Morgan fingerprint density at radius 2 is 2.20 bits per heavy atom. The molecule has 0 aliphatic heterocycles. The van der Waals surface area contributed by atoms with Crippen LogP contribution in [0.1, 0.15) is 30.8 Å². The highest BCUT2D eigenvalue weighted by Gasteiger charge is 2.07. The first kappa shape index (κ1) is 14.3. The van der Waals surface area contributed by atoms with E-state index in [4.69, 9.17) is 5.26 Å². The number of benzene rings is 1. The highest BCUT2D eigenvalue weighted by atomic mass is 15.1. The molecule has 2 rings (SSSR count). The molecule has 0 amide bonds. The maximum Gasteiger partial charge on any atom is 0.217 e. The summed E-state index contributed by atoms with van der Waals surface area (Å²) >= 11 is 0. The van der Waals surface area contributed by atoms with Crippen LogP contribution in [0.5, 0.6) is 0 Å². The summed E-state index contributed by atoms with van der Waals surface area (Å²) in [6, 6.07) is 8.40. The van der Waals surface area contributed by atoms with Gasteiger partial charge in [-0.05, 0) is 36.6 Å². The van der Waals surface area contributed by atoms with Gasteiger partial charge < -0.3 is 5.32 Å². The predicted octanol–water partition coefficient (Wildman–Crippen LogP) is 2.80. The molecule has 0 atom stereocenters. The maximum absolute atomic E-state index is 9.04. The largest absolute Gasteiger partial charge is 0.312 e. The molecule has 0 fully saturated rings. The van der Waals surface area contributed by atoms with Gasteiger partial charge in [-0.15, -0.1) is 0 Å². The molecule has 4 heteroatoms. The lowest BCUT2D eigenvalue weighted by Gasteiger charge is -2.11. The second-order valence-corrected chi connectivity index (χ2v) is 5.38. The van der Waals surface area contributed by atoms with Crippen molar-refractivity contribution in [1.82, 2.24) is 14.9 Å². The van der Waals surface area contributed by atoms with Crippen molar-refractivity contribution in [2.45, 2.75) is 27.3 Å². The average molecular weight is 268 g/mol. The summed E-state index contributed by atoms with van der Waals surface area (Å²) in [7, 11) is 0. The van der Waals surface area contributed by atoms with E-state index < -0.39 is 0 Å². The Labute approximate surface area is 120 Å². The van der Waals surface area contributed by atoms with E-state index in [-0.39, 0.29) is 0 Å². The molecule has 0 spiro atoms. The van der Waals surface area contributed by atoms with Crippen LogP contribution >= 0.6 is 0 Å². The molecule has 0 saturated heterocycles. The predicted molar refractivity (Wildman–Crippen MR) is 79.6 cm³/mol. The smallest absolute Gasteiger partial charge is 0.217 e. The normalized spacial score (nSPS) is 10.8. The SMILES string of the molecule is Cc1cc(CNCC(C)C)ccc1-n1ccnc1C#N. The third kappa shape index (κ3) is 3.25. The fraction of sp³-hybridized carbons (Fsp3) is 0.375. The lowest BCUT2D eigenvalue weighted by Crippen LogP contribution is -2.19. The van der Waals surface area contributed by atoms with E-state index in [9.17, 15) is 0 Å². The number of nitrogens with zero attached hydrogens (tertiary/aromatic N) is 3. The van der Waals surface area contributed by atoms with Gasteiger partial charge in [-0.3, -0.25) is 4.57 Å². The van der Waals surface area contributed by atoms with Crippen LogP contribution in [0.15, 0.2) is 30.6 Å². The Bertz CT molecular complexity index is 620. The molecule has 0 aliphatic rings. The molecule has 0 bridgehead atoms. The monoisotopic (exact) mass is 268 g/mol. The second kappa shape index (κ2) is 6.36. The van der Waals surface area contributed by atoms with Crippen LogP contribution in [-0.2, 0) is 6.54 Å². The number of rotatable bonds is 5. The van der Waals surface area contributed by atoms with Gasteiger partial charge >= 0.3 is 0 Å². The third-order valence-corrected chi connectivity index (χ3v) is 3.14. The zero-order valence-corrected chi connectivity index (χ0v) is 12.2. The third-order valence-electron chi connectivity index (χ3n) is 3.14. The van der Waals surface area contributed by atoms with E-state index in [2.05, 4.69) is 49.3 Å². The van der Waals surface area contributed by atoms with Crippen molar-refractivity contribution in [2.24, 2.45) is 5.92 Å². The molecule has 104 valence electrons. The molecule has 4 nitrogen and oxygen atoms in total. The minimum Gasteiger partial charge on any atom is -0.312 e. The Hall–Kier alpha value is -2.12. The second-order valence-electron chi connectivity index (χ2n) is 5.38. The van der Waals surface area contributed by atoms with E-state index in [1.54, 1.807) is 6.20 Å². The van der Waals surface area contributed by atoms with E-state index in [0.29, 0.717) is 11.7 Å². The molecule has 0 aliphatic carbocycles. The highest BCUT2D eigenvalue weighted by Crippen LogP contribution is 2.17. The Kier molecular flexibility index (Phi) is 4.54. The lowest BCUT2D eigenvalue weighted by atomic mass is 10.1. The van der Waals surface area contributed by atoms with Crippen LogP contribution < -0.4 is 5.32 Å². The van der Waals surface area contributed by atoms with Crippen LogP contribution in [0.2, 0.25) is 0 Å². The van der Waals surface area contributed by atoms with E-state index in [1.165, 1.54) is 5.56 Å². The Balaban J connectivity index is 2.16. The zero-order chi connectivity index (χ0) is 14.5. The first-order valence-electron chi connectivity index (χ1n) is 6.86. The average Bonchev–Trinajstić information content (AvgIpc) is 2.86. The van der Waals surface area contributed by atoms with Gasteiger partial charge in [0.1, 0.15) is 6.07 Å². The first-order chi connectivity index (χ1) is 9.61. The van der Waals surface area contributed by atoms with Gasteiger partial charge in [-0.25, -0.2) is 4.98 Å². The van der Waals surface area contributed by atoms with Crippen molar-refractivity contribution >= 4 is 0 Å². The molecular weight excluding hydrogens is 248 g/mol. The van der Waals surface area contributed by atoms with Crippen LogP contribution in [0.4, 0.5) is 0 Å². The van der Waals surface area contributed by atoms with Crippen LogP contribution in [0, 0.1) is 24.2 Å². The summed E-state index contributed by atoms with van der Waals surface area (Å²) in [4.78, 5) is 4.03. The minimum atomic E-state index is 0.416. The highest BCUT2D eigenvalue weighted by molar-refractivity contribution is 5.45. The van der Waals surface area contributed by atoms with E-state index in [0.717, 1.165) is 24.3 Å². The van der Waals surface area contributed by atoms with Gasteiger partial charge in [-0.1, -0.05) is 26.0 Å². The van der Waals surface area contributed by atoms with Crippen LogP contribution in [0.3, 0.4) is 0 Å². The van der Waals surface area contributed by atoms with Crippen molar-refractivity contribution in [3.05, 3.63) is 47.5 Å². The number of nitriles is 1. The molecule has 2 aromatic rings. The molecule has 1 heterocycles. The summed E-state index contributed by atoms with van der Waals surface area (Å²) in [6.07, 6.45) is 3.47. The number of nitrogens with one attached hydrogen (secondary N) is 1. The molecule has 20 heavy (non-hydrogen) atoms. The number of aromatic nitrogens is 2. The summed E-state index contributed by atoms with van der Waals surface area (Å²) < 4.78 is 1.82. The molecule has 1 aromatic carbocycles. The molecule has 0 saturated carbocycles. The maximum atomic E-state index is 9.04. The van der Waals surface area contributed by atoms with Crippen LogP contribution in [-0.4, -0.2) is 16.1 Å². The van der Waals surface area contributed by atoms with E-state index >= 15 is 0 Å². The van der Waals surface area contributed by atoms with Crippen LogP contribution in [0.25, 0.3) is 5.69 Å². The molecule has 0 unspecified atom stereocenters. The van der Waals surface area contributed by atoms with Crippen molar-refractivity contribution in [3.8, 4) is 11.8 Å². The van der Waals surface area contributed by atoms with Gasteiger partial charge in [0.15, 0.2) is 0 Å². The number of hydrogen-bond donors (Lipinski definition) is 1. The molecule has 1 N–H and O–H groups in total.